The van der Waals surface area contributed by atoms with Crippen LogP contribution in [0.5, 0.6) is 0 Å². The van der Waals surface area contributed by atoms with Crippen molar-refractivity contribution in [3.8, 4) is 0 Å². The van der Waals surface area contributed by atoms with Crippen LogP contribution in [0, 0.1) is 0 Å². The van der Waals surface area contributed by atoms with Gasteiger partial charge >= 0.3 is 0 Å². The van der Waals surface area contributed by atoms with Gasteiger partial charge in [0, 0.05) is 38.5 Å². The maximum Gasteiger partial charge on any atom is 0.265 e. The second-order valence-corrected chi connectivity index (χ2v) is 6.29. The number of hydrogen-bond acceptors (Lipinski definition) is 3. The number of nitrogens with zero attached hydrogens (tertiary/aromatic N) is 2. The predicted molar refractivity (Wildman–Crippen MR) is 79.4 cm³/mol. The molecule has 0 aliphatic carbocycles. The molecule has 1 aromatic rings. The SMILES string of the molecule is NC1CN(Cc2ccccc2)CC1N1CC(F)(F)CCC1=O. The van der Waals surface area contributed by atoms with Crippen LogP contribution < -0.4 is 5.73 Å². The van der Waals surface area contributed by atoms with Gasteiger partial charge in [0.15, 0.2) is 0 Å². The van der Waals surface area contributed by atoms with Gasteiger partial charge in [-0.25, -0.2) is 8.78 Å². The number of benzene rings is 1. The number of rotatable bonds is 3. The molecule has 2 aliphatic heterocycles. The van der Waals surface area contributed by atoms with E-state index >= 15 is 0 Å². The molecule has 2 N–H and O–H groups in total. The van der Waals surface area contributed by atoms with Gasteiger partial charge in [0.2, 0.25) is 5.91 Å². The highest BCUT2D eigenvalue weighted by molar-refractivity contribution is 5.77. The van der Waals surface area contributed by atoms with Crippen molar-refractivity contribution in [2.75, 3.05) is 19.6 Å². The Kier molecular flexibility index (Phi) is 4.14. The summed E-state index contributed by atoms with van der Waals surface area (Å²) in [5, 5.41) is 0. The third-order valence-corrected chi connectivity index (χ3v) is 4.48. The standard InChI is InChI=1S/C16H21F2N3O/c17-16(18)7-6-15(22)21(11-16)14-10-20(9-13(14)19)8-12-4-2-1-3-5-12/h1-5,13-14H,6-11,19H2. The fourth-order valence-electron chi connectivity index (χ4n) is 3.35. The monoisotopic (exact) mass is 309 g/mol. The maximum atomic E-state index is 13.6. The first-order chi connectivity index (χ1) is 10.4. The van der Waals surface area contributed by atoms with E-state index in [4.69, 9.17) is 5.73 Å². The maximum absolute atomic E-state index is 13.6. The van der Waals surface area contributed by atoms with Crippen molar-refractivity contribution in [2.45, 2.75) is 37.4 Å². The van der Waals surface area contributed by atoms with Gasteiger partial charge in [0.1, 0.15) is 0 Å². The molecule has 2 aliphatic rings. The van der Waals surface area contributed by atoms with Crippen molar-refractivity contribution in [2.24, 2.45) is 5.73 Å². The minimum atomic E-state index is -2.79. The van der Waals surface area contributed by atoms with Crippen LogP contribution in [0.3, 0.4) is 0 Å². The summed E-state index contributed by atoms with van der Waals surface area (Å²) in [6.45, 7) is 1.40. The number of carbonyl (C=O) groups excluding carboxylic acids is 1. The Morgan fingerprint density at radius 1 is 1.23 bits per heavy atom. The summed E-state index contributed by atoms with van der Waals surface area (Å²) in [7, 11) is 0. The molecule has 2 atom stereocenters. The number of nitrogens with two attached hydrogens (primary N) is 1. The van der Waals surface area contributed by atoms with Crippen molar-refractivity contribution in [1.29, 1.82) is 0 Å². The molecule has 0 spiro atoms. The molecule has 2 fully saturated rings. The second-order valence-electron chi connectivity index (χ2n) is 6.29. The number of carbonyl (C=O) groups is 1. The molecule has 2 heterocycles. The predicted octanol–water partition coefficient (Wildman–Crippen LogP) is 1.46. The van der Waals surface area contributed by atoms with Crippen LogP contribution in [-0.2, 0) is 11.3 Å². The third kappa shape index (κ3) is 3.28. The lowest BCUT2D eigenvalue weighted by Crippen LogP contribution is -2.56. The normalized spacial score (nSPS) is 29.0. The molecule has 120 valence electrons. The fourth-order valence-corrected chi connectivity index (χ4v) is 3.35. The van der Waals surface area contributed by atoms with Crippen molar-refractivity contribution in [3.05, 3.63) is 35.9 Å². The third-order valence-electron chi connectivity index (χ3n) is 4.48. The Bertz CT molecular complexity index is 537. The zero-order chi connectivity index (χ0) is 15.7. The van der Waals surface area contributed by atoms with Gasteiger partial charge in [-0.3, -0.25) is 9.69 Å². The van der Waals surface area contributed by atoms with Gasteiger partial charge in [0.05, 0.1) is 12.6 Å². The number of amides is 1. The molecular formula is C16H21F2N3O. The number of halogens is 2. The topological polar surface area (TPSA) is 49.6 Å². The summed E-state index contributed by atoms with van der Waals surface area (Å²) in [5.41, 5.74) is 7.28. The van der Waals surface area contributed by atoms with E-state index in [1.807, 2.05) is 30.3 Å². The lowest BCUT2D eigenvalue weighted by Gasteiger charge is -2.37. The first-order valence-electron chi connectivity index (χ1n) is 7.64. The molecule has 4 nitrogen and oxygen atoms in total. The Morgan fingerprint density at radius 3 is 2.68 bits per heavy atom. The number of hydrogen-bond donors (Lipinski definition) is 1. The van der Waals surface area contributed by atoms with Crippen molar-refractivity contribution in [1.82, 2.24) is 9.80 Å². The highest BCUT2D eigenvalue weighted by Crippen LogP contribution is 2.30. The quantitative estimate of drug-likeness (QED) is 0.919. The van der Waals surface area contributed by atoms with Gasteiger partial charge in [-0.1, -0.05) is 30.3 Å². The molecule has 22 heavy (non-hydrogen) atoms. The van der Waals surface area contributed by atoms with E-state index in [-0.39, 0.29) is 30.8 Å². The summed E-state index contributed by atoms with van der Waals surface area (Å²) in [4.78, 5) is 15.4. The van der Waals surface area contributed by atoms with Crippen molar-refractivity contribution in [3.63, 3.8) is 0 Å². The van der Waals surface area contributed by atoms with E-state index < -0.39 is 12.5 Å². The zero-order valence-corrected chi connectivity index (χ0v) is 12.4. The summed E-state index contributed by atoms with van der Waals surface area (Å²) in [6, 6.07) is 9.35. The minimum Gasteiger partial charge on any atom is -0.331 e. The first kappa shape index (κ1) is 15.4. The van der Waals surface area contributed by atoms with Crippen LogP contribution in [0.1, 0.15) is 18.4 Å². The van der Waals surface area contributed by atoms with Gasteiger partial charge in [-0.15, -0.1) is 0 Å². The number of piperidine rings is 1. The first-order valence-corrected chi connectivity index (χ1v) is 7.64. The Hall–Kier alpha value is -1.53. The molecule has 1 amide bonds. The molecule has 0 radical (unpaired) electrons. The highest BCUT2D eigenvalue weighted by Gasteiger charge is 2.45. The summed E-state index contributed by atoms with van der Waals surface area (Å²) >= 11 is 0. The van der Waals surface area contributed by atoms with Gasteiger partial charge < -0.3 is 10.6 Å². The zero-order valence-electron chi connectivity index (χ0n) is 12.4. The molecule has 3 rings (SSSR count). The van der Waals surface area contributed by atoms with E-state index in [1.165, 1.54) is 4.90 Å². The van der Waals surface area contributed by atoms with Crippen LogP contribution in [0.2, 0.25) is 0 Å². The molecule has 2 unspecified atom stereocenters. The van der Waals surface area contributed by atoms with E-state index in [9.17, 15) is 13.6 Å². The van der Waals surface area contributed by atoms with Crippen molar-refractivity contribution >= 4 is 5.91 Å². The van der Waals surface area contributed by atoms with Crippen molar-refractivity contribution < 1.29 is 13.6 Å². The Labute approximate surface area is 128 Å². The Balaban J connectivity index is 1.66. The lowest BCUT2D eigenvalue weighted by molar-refractivity contribution is -0.150. The summed E-state index contributed by atoms with van der Waals surface area (Å²) < 4.78 is 27.2. The van der Waals surface area contributed by atoms with E-state index in [0.717, 1.165) is 12.1 Å². The smallest absolute Gasteiger partial charge is 0.265 e. The molecule has 6 heteroatoms. The molecule has 1 aromatic carbocycles. The largest absolute Gasteiger partial charge is 0.331 e. The highest BCUT2D eigenvalue weighted by atomic mass is 19.3. The van der Waals surface area contributed by atoms with Crippen LogP contribution in [0.15, 0.2) is 30.3 Å². The van der Waals surface area contributed by atoms with Crippen LogP contribution in [0.4, 0.5) is 8.78 Å². The van der Waals surface area contributed by atoms with Gasteiger partial charge in [-0.05, 0) is 5.56 Å². The van der Waals surface area contributed by atoms with E-state index in [2.05, 4.69) is 4.90 Å². The molecule has 0 saturated carbocycles. The molecule has 0 bridgehead atoms. The average molecular weight is 309 g/mol. The Morgan fingerprint density at radius 2 is 1.95 bits per heavy atom. The van der Waals surface area contributed by atoms with E-state index in [0.29, 0.717) is 13.1 Å². The lowest BCUT2D eigenvalue weighted by atomic mass is 10.0. The van der Waals surface area contributed by atoms with Gasteiger partial charge in [-0.2, -0.15) is 0 Å². The van der Waals surface area contributed by atoms with Crippen LogP contribution in [-0.4, -0.2) is 53.3 Å². The minimum absolute atomic E-state index is 0.0884. The second kappa shape index (κ2) is 5.93. The van der Waals surface area contributed by atoms with Gasteiger partial charge in [0.25, 0.3) is 5.92 Å². The summed E-state index contributed by atoms with van der Waals surface area (Å²) in [6.07, 6.45) is -0.438. The number of alkyl halides is 2. The fraction of sp³-hybridized carbons (Fsp3) is 0.562. The van der Waals surface area contributed by atoms with E-state index in [1.54, 1.807) is 0 Å². The summed E-state index contributed by atoms with van der Waals surface area (Å²) in [5.74, 6) is -2.99. The molecular weight excluding hydrogens is 288 g/mol. The number of likely N-dealkylation sites (tertiary alicyclic amines) is 2. The molecule has 0 aromatic heterocycles. The van der Waals surface area contributed by atoms with Crippen LogP contribution >= 0.6 is 0 Å². The average Bonchev–Trinajstić information content (AvgIpc) is 2.83. The van der Waals surface area contributed by atoms with Crippen LogP contribution in [0.25, 0.3) is 0 Å². The molecule has 2 saturated heterocycles.